The maximum absolute atomic E-state index is 15.7. The first-order valence-electron chi connectivity index (χ1n) is 22.5. The minimum absolute atomic E-state index is 0.0595. The van der Waals surface area contributed by atoms with Gasteiger partial charge in [-0.2, -0.15) is 26.3 Å². The Bertz CT molecular complexity index is 3310. The van der Waals surface area contributed by atoms with Crippen molar-refractivity contribution in [1.29, 1.82) is 0 Å². The summed E-state index contributed by atoms with van der Waals surface area (Å²) in [5.41, 5.74) is -2.96. The predicted octanol–water partition coefficient (Wildman–Crippen LogP) is 12.1. The summed E-state index contributed by atoms with van der Waals surface area (Å²) in [6.45, 7) is 5.72. The Labute approximate surface area is 406 Å². The van der Waals surface area contributed by atoms with Crippen molar-refractivity contribution in [2.45, 2.75) is 44.0 Å². The second-order valence-corrected chi connectivity index (χ2v) is 18.4. The van der Waals surface area contributed by atoms with Crippen molar-refractivity contribution in [1.82, 2.24) is 0 Å². The molecule has 0 saturated carbocycles. The summed E-state index contributed by atoms with van der Waals surface area (Å²) in [4.78, 5) is 61.3. The van der Waals surface area contributed by atoms with Crippen molar-refractivity contribution in [3.8, 4) is 0 Å². The van der Waals surface area contributed by atoms with Crippen LogP contribution in [0.25, 0.3) is 0 Å². The molecule has 8 nitrogen and oxygen atoms in total. The molecule has 0 spiro atoms. The van der Waals surface area contributed by atoms with Crippen LogP contribution in [0.2, 0.25) is 0 Å². The highest BCUT2D eigenvalue weighted by Crippen LogP contribution is 2.57. The largest absolute Gasteiger partial charge is 0.411 e. The molecule has 2 heterocycles. The van der Waals surface area contributed by atoms with Crippen LogP contribution in [0.1, 0.15) is 91.5 Å². The number of hydrogen-bond acceptors (Lipinski definition) is 6. The maximum atomic E-state index is 15.7. The number of aryl methyl sites for hydroxylation is 3. The lowest BCUT2D eigenvalue weighted by Crippen LogP contribution is -2.55. The van der Waals surface area contributed by atoms with Crippen molar-refractivity contribution >= 4 is 46.4 Å². The van der Waals surface area contributed by atoms with Crippen molar-refractivity contribution < 1.29 is 45.5 Å². The Morgan fingerprint density at radius 3 is 1.39 bits per heavy atom. The zero-order valence-electron chi connectivity index (χ0n) is 39.6. The molecule has 1 atom stereocenters. The van der Waals surface area contributed by atoms with Gasteiger partial charge >= 0.3 is 12.4 Å². The molecule has 0 saturated heterocycles. The highest BCUT2D eigenvalue weighted by molar-refractivity contribution is 6.35. The SMILES string of the molecule is Cc1cc([C@@](c2ccccc2)(c2ccc(N3C(=O)c4ccc(C(c5ccc6c(c5)C(=O)N(c5ccc(N(C)C)cc5)C6=O)(C(F)(F)F)C(F)(F)F)cc4C3=O)c(C)c2)c2ccccc2C)ccc1N(C)C. The first kappa shape index (κ1) is 48.0. The summed E-state index contributed by atoms with van der Waals surface area (Å²) in [5.74, 6) is -4.12. The number of fused-ring (bicyclic) bond motifs is 2. The van der Waals surface area contributed by atoms with Gasteiger partial charge in [-0.15, -0.1) is 0 Å². The van der Waals surface area contributed by atoms with Gasteiger partial charge in [-0.25, -0.2) is 9.80 Å². The van der Waals surface area contributed by atoms with E-state index < -0.39 is 80.2 Å². The number of anilines is 4. The van der Waals surface area contributed by atoms with Gasteiger partial charge in [-0.3, -0.25) is 19.2 Å². The summed E-state index contributed by atoms with van der Waals surface area (Å²) in [5, 5.41) is 0. The molecule has 0 radical (unpaired) electrons. The van der Waals surface area contributed by atoms with Crippen LogP contribution in [0.5, 0.6) is 0 Å². The number of halogens is 6. The van der Waals surface area contributed by atoms with Gasteiger partial charge in [-0.1, -0.05) is 91.0 Å². The van der Waals surface area contributed by atoms with E-state index in [0.717, 1.165) is 56.1 Å². The van der Waals surface area contributed by atoms with Crippen molar-refractivity contribution in [3.05, 3.63) is 224 Å². The van der Waals surface area contributed by atoms with E-state index in [4.69, 9.17) is 0 Å². The van der Waals surface area contributed by atoms with E-state index in [0.29, 0.717) is 40.4 Å². The fourth-order valence-electron chi connectivity index (χ4n) is 10.5. The number of carbonyl (C=O) groups is 4. The molecule has 0 aliphatic carbocycles. The molecule has 9 rings (SSSR count). The third-order valence-electron chi connectivity index (χ3n) is 13.9. The number of carbonyl (C=O) groups excluding carboxylic acids is 4. The Morgan fingerprint density at radius 1 is 0.408 bits per heavy atom. The number of amides is 4. The summed E-state index contributed by atoms with van der Waals surface area (Å²) in [6, 6.07) is 38.8. The number of hydrogen-bond donors (Lipinski definition) is 0. The van der Waals surface area contributed by atoms with Gasteiger partial charge < -0.3 is 9.80 Å². The van der Waals surface area contributed by atoms with Crippen LogP contribution in [0.4, 0.5) is 49.1 Å². The number of nitrogens with zero attached hydrogens (tertiary/aromatic N) is 4. The molecular formula is C57H46F6N4O4. The highest BCUT2D eigenvalue weighted by Gasteiger charge is 2.73. The van der Waals surface area contributed by atoms with E-state index in [1.807, 2.05) is 99.6 Å². The lowest BCUT2D eigenvalue weighted by Gasteiger charge is -2.39. The van der Waals surface area contributed by atoms with Crippen LogP contribution in [0, 0.1) is 20.8 Å². The van der Waals surface area contributed by atoms with Crippen molar-refractivity contribution in [2.24, 2.45) is 0 Å². The van der Waals surface area contributed by atoms with Gasteiger partial charge in [0.15, 0.2) is 0 Å². The molecule has 0 aromatic heterocycles. The van der Waals surface area contributed by atoms with Crippen molar-refractivity contribution in [3.63, 3.8) is 0 Å². The minimum atomic E-state index is -6.13. The molecular weight excluding hydrogens is 919 g/mol. The first-order valence-corrected chi connectivity index (χ1v) is 22.5. The van der Waals surface area contributed by atoms with Crippen molar-refractivity contribution in [2.75, 3.05) is 47.8 Å². The smallest absolute Gasteiger partial charge is 0.378 e. The first-order chi connectivity index (χ1) is 33.5. The standard InChI is InChI=1S/C57H46F6N4O4/c1-33-13-11-12-16-47(33)54(36-14-9-8-10-15-36,37-19-27-48(65(6)7)34(2)29-37)38-20-28-49(35(3)30-38)67-51(69)44-26-18-40(32-46(44)53(67)71)55(56(58,59)60,57(61,62)63)39-17-25-43-45(31-39)52(70)66(50(43)68)42-23-21-41(22-24-42)64(4)5/h8-32H,1-7H3/t54-/m0/s1. The third-order valence-corrected chi connectivity index (χ3v) is 13.9. The van der Waals surface area contributed by atoms with Gasteiger partial charge in [-0.05, 0) is 132 Å². The molecule has 71 heavy (non-hydrogen) atoms. The maximum Gasteiger partial charge on any atom is 0.411 e. The minimum Gasteiger partial charge on any atom is -0.378 e. The number of alkyl halides is 6. The third kappa shape index (κ3) is 7.29. The second kappa shape index (κ2) is 17.1. The topological polar surface area (TPSA) is 81.2 Å². The van der Waals surface area contributed by atoms with E-state index in [-0.39, 0.29) is 11.4 Å². The normalized spacial score (nSPS) is 14.7. The quantitative estimate of drug-likeness (QED) is 0.0772. The fraction of sp³-hybridized carbons (Fsp3) is 0.193. The van der Waals surface area contributed by atoms with Crippen LogP contribution in [-0.2, 0) is 10.8 Å². The van der Waals surface area contributed by atoms with Crippen LogP contribution in [-0.4, -0.2) is 64.2 Å². The number of rotatable bonds is 10. The molecule has 4 amide bonds. The number of imide groups is 2. The second-order valence-electron chi connectivity index (χ2n) is 18.4. The van der Waals surface area contributed by atoms with E-state index in [2.05, 4.69) is 12.1 Å². The average Bonchev–Trinajstić information content (AvgIpc) is 3.72. The Morgan fingerprint density at radius 2 is 0.887 bits per heavy atom. The van der Waals surface area contributed by atoms with E-state index >= 15 is 26.3 Å². The Kier molecular flexibility index (Phi) is 11.6. The van der Waals surface area contributed by atoms with Gasteiger partial charge in [0.1, 0.15) is 0 Å². The molecule has 14 heteroatoms. The monoisotopic (exact) mass is 964 g/mol. The van der Waals surface area contributed by atoms with Crippen LogP contribution in [0.15, 0.2) is 152 Å². The lowest BCUT2D eigenvalue weighted by molar-refractivity contribution is -0.288. The van der Waals surface area contributed by atoms with Gasteiger partial charge in [0, 0.05) is 39.6 Å². The molecule has 2 aliphatic rings. The molecule has 7 aromatic carbocycles. The van der Waals surface area contributed by atoms with E-state index in [1.165, 1.54) is 12.1 Å². The predicted molar refractivity (Wildman–Crippen MR) is 262 cm³/mol. The number of benzene rings is 7. The van der Waals surface area contributed by atoms with Crippen LogP contribution >= 0.6 is 0 Å². The molecule has 0 fully saturated rings. The molecule has 0 N–H and O–H groups in total. The summed E-state index contributed by atoms with van der Waals surface area (Å²) < 4.78 is 94.1. The summed E-state index contributed by atoms with van der Waals surface area (Å²) >= 11 is 0. The highest BCUT2D eigenvalue weighted by atomic mass is 19.4. The Hall–Kier alpha value is -8.00. The average molecular weight is 965 g/mol. The zero-order chi connectivity index (χ0) is 51.1. The van der Waals surface area contributed by atoms with Crippen LogP contribution in [0.3, 0.4) is 0 Å². The Balaban J connectivity index is 1.15. The molecule has 7 aromatic rings. The van der Waals surface area contributed by atoms with E-state index in [9.17, 15) is 19.2 Å². The van der Waals surface area contributed by atoms with Crippen LogP contribution < -0.4 is 19.6 Å². The van der Waals surface area contributed by atoms with Gasteiger partial charge in [0.2, 0.25) is 5.41 Å². The molecule has 0 unspecified atom stereocenters. The molecule has 2 aliphatic heterocycles. The summed E-state index contributed by atoms with van der Waals surface area (Å²) in [6.07, 6.45) is -12.3. The van der Waals surface area contributed by atoms with Gasteiger partial charge in [0.25, 0.3) is 23.6 Å². The zero-order valence-corrected chi connectivity index (χ0v) is 39.6. The fourth-order valence-corrected chi connectivity index (χ4v) is 10.5. The summed E-state index contributed by atoms with van der Waals surface area (Å²) in [7, 11) is 7.43. The van der Waals surface area contributed by atoms with E-state index in [1.54, 1.807) is 50.2 Å². The molecule has 360 valence electrons. The van der Waals surface area contributed by atoms with Gasteiger partial charge in [0.05, 0.1) is 39.0 Å². The lowest BCUT2D eigenvalue weighted by atomic mass is 9.63. The molecule has 0 bridgehead atoms.